The second kappa shape index (κ2) is 13.0. The Morgan fingerprint density at radius 2 is 1.95 bits per heavy atom. The van der Waals surface area contributed by atoms with E-state index in [9.17, 15) is 19.5 Å². The summed E-state index contributed by atoms with van der Waals surface area (Å²) >= 11 is 1.62. The van der Waals surface area contributed by atoms with Crippen LogP contribution in [0.2, 0.25) is 0 Å². The highest BCUT2D eigenvalue weighted by Gasteiger charge is 2.53. The summed E-state index contributed by atoms with van der Waals surface area (Å²) in [7, 11) is 1.73. The van der Waals surface area contributed by atoms with Crippen molar-refractivity contribution < 1.29 is 29.0 Å². The van der Waals surface area contributed by atoms with E-state index in [0.29, 0.717) is 12.0 Å². The van der Waals surface area contributed by atoms with Crippen molar-refractivity contribution in [2.45, 2.75) is 44.6 Å². The molecule has 5 rings (SSSR count). The second-order valence-electron chi connectivity index (χ2n) is 11.0. The molecule has 3 fully saturated rings. The van der Waals surface area contributed by atoms with Gasteiger partial charge in [0.05, 0.1) is 18.8 Å². The van der Waals surface area contributed by atoms with Gasteiger partial charge in [-0.25, -0.2) is 4.98 Å². The van der Waals surface area contributed by atoms with E-state index in [1.807, 2.05) is 31.4 Å². The van der Waals surface area contributed by atoms with Crippen LogP contribution in [0.15, 0.2) is 29.6 Å². The Hall–Kier alpha value is -2.90. The number of piperazine rings is 1. The SMILES string of the molecule is CC[C@H](C)[C@H](NC(=O)c1ccc(-c2csc(N3CCN(CCOC)CC3)n2)cc1)C(=O)N1C[C@H](O)[C@H]2OCC(=O)[C@H]21. The Balaban J connectivity index is 1.22. The summed E-state index contributed by atoms with van der Waals surface area (Å²) < 4.78 is 10.6. The van der Waals surface area contributed by atoms with Gasteiger partial charge in [-0.2, -0.15) is 0 Å². The molecule has 3 saturated heterocycles. The molecule has 1 aromatic heterocycles. The van der Waals surface area contributed by atoms with E-state index in [1.54, 1.807) is 30.6 Å². The van der Waals surface area contributed by atoms with Crippen LogP contribution in [0.3, 0.4) is 0 Å². The molecule has 12 heteroatoms. The quantitative estimate of drug-likeness (QED) is 0.424. The molecule has 0 aliphatic carbocycles. The molecule has 2 amide bonds. The number of aliphatic hydroxyl groups is 1. The summed E-state index contributed by atoms with van der Waals surface area (Å²) in [6.07, 6.45) is -0.976. The van der Waals surface area contributed by atoms with Crippen LogP contribution in [0, 0.1) is 5.92 Å². The maximum absolute atomic E-state index is 13.6. The van der Waals surface area contributed by atoms with E-state index >= 15 is 0 Å². The van der Waals surface area contributed by atoms with E-state index in [0.717, 1.165) is 55.7 Å². The first kappa shape index (κ1) is 29.6. The van der Waals surface area contributed by atoms with Gasteiger partial charge in [0.15, 0.2) is 10.9 Å². The number of nitrogens with one attached hydrogen (secondary N) is 1. The minimum Gasteiger partial charge on any atom is -0.388 e. The van der Waals surface area contributed by atoms with Crippen molar-refractivity contribution in [2.24, 2.45) is 5.92 Å². The molecular weight excluding hydrogens is 546 g/mol. The average molecular weight is 586 g/mol. The van der Waals surface area contributed by atoms with Crippen LogP contribution in [-0.4, -0.2) is 121 Å². The molecule has 0 saturated carbocycles. The number of anilines is 1. The predicted octanol–water partition coefficient (Wildman–Crippen LogP) is 1.26. The zero-order valence-corrected chi connectivity index (χ0v) is 24.6. The monoisotopic (exact) mass is 585 g/mol. The molecule has 2 N–H and O–H groups in total. The zero-order chi connectivity index (χ0) is 29.1. The summed E-state index contributed by atoms with van der Waals surface area (Å²) in [5, 5.41) is 16.3. The lowest BCUT2D eigenvalue weighted by atomic mass is 9.96. The maximum atomic E-state index is 13.6. The summed E-state index contributed by atoms with van der Waals surface area (Å²) in [5.74, 6) is -1.14. The van der Waals surface area contributed by atoms with Crippen LogP contribution in [0.1, 0.15) is 30.6 Å². The molecule has 41 heavy (non-hydrogen) atoms. The molecule has 0 unspecified atom stereocenters. The third-order valence-corrected chi connectivity index (χ3v) is 9.30. The van der Waals surface area contributed by atoms with Crippen LogP contribution in [0.5, 0.6) is 0 Å². The number of ketones is 1. The Morgan fingerprint density at radius 1 is 1.22 bits per heavy atom. The molecule has 5 atom stereocenters. The molecule has 0 bridgehead atoms. The van der Waals surface area contributed by atoms with E-state index in [-0.39, 0.29) is 36.7 Å². The first-order chi connectivity index (χ1) is 19.8. The first-order valence-corrected chi connectivity index (χ1v) is 15.1. The number of aromatic nitrogens is 1. The molecule has 222 valence electrons. The summed E-state index contributed by atoms with van der Waals surface area (Å²) in [6, 6.07) is 5.57. The number of likely N-dealkylation sites (tertiary alicyclic amines) is 1. The molecule has 4 heterocycles. The fourth-order valence-corrected chi connectivity index (χ4v) is 6.55. The van der Waals surface area contributed by atoms with Crippen molar-refractivity contribution in [1.29, 1.82) is 0 Å². The molecule has 0 radical (unpaired) electrons. The lowest BCUT2D eigenvalue weighted by molar-refractivity contribution is -0.139. The highest BCUT2D eigenvalue weighted by Crippen LogP contribution is 2.30. The molecule has 3 aliphatic rings. The normalized spacial score (nSPS) is 24.4. The molecule has 11 nitrogen and oxygen atoms in total. The predicted molar refractivity (Wildman–Crippen MR) is 155 cm³/mol. The smallest absolute Gasteiger partial charge is 0.251 e. The van der Waals surface area contributed by atoms with E-state index < -0.39 is 24.3 Å². The van der Waals surface area contributed by atoms with Gasteiger partial charge in [0.1, 0.15) is 30.9 Å². The number of nitrogens with zero attached hydrogens (tertiary/aromatic N) is 4. The summed E-state index contributed by atoms with van der Waals surface area (Å²) in [4.78, 5) is 50.1. The van der Waals surface area contributed by atoms with Crippen molar-refractivity contribution in [3.63, 3.8) is 0 Å². The number of carbonyl (C=O) groups excluding carboxylic acids is 3. The lowest BCUT2D eigenvalue weighted by Crippen LogP contribution is -2.54. The molecular formula is C29H39N5O6S. The number of benzene rings is 1. The number of hydrogen-bond donors (Lipinski definition) is 2. The van der Waals surface area contributed by atoms with Gasteiger partial charge in [-0.15, -0.1) is 11.3 Å². The zero-order valence-electron chi connectivity index (χ0n) is 23.8. The van der Waals surface area contributed by atoms with Crippen molar-refractivity contribution in [3.8, 4) is 11.3 Å². The summed E-state index contributed by atoms with van der Waals surface area (Å²) in [6.45, 7) is 9.21. The van der Waals surface area contributed by atoms with Gasteiger partial charge >= 0.3 is 0 Å². The number of fused-ring (bicyclic) bond motifs is 1. The highest BCUT2D eigenvalue weighted by atomic mass is 32.1. The van der Waals surface area contributed by atoms with Gasteiger partial charge in [-0.05, 0) is 18.1 Å². The number of hydrogen-bond acceptors (Lipinski definition) is 10. The van der Waals surface area contributed by atoms with E-state index in [1.165, 1.54) is 4.90 Å². The minimum absolute atomic E-state index is 0.0105. The number of thiazole rings is 1. The number of Topliss-reactive ketones (excluding diaryl/α,β-unsaturated/α-hetero) is 1. The fourth-order valence-electron chi connectivity index (χ4n) is 5.66. The number of amides is 2. The van der Waals surface area contributed by atoms with Crippen molar-refractivity contribution in [2.75, 3.05) is 64.5 Å². The fraction of sp³-hybridized carbons (Fsp3) is 0.586. The molecule has 0 spiro atoms. The maximum Gasteiger partial charge on any atom is 0.251 e. The van der Waals surface area contributed by atoms with Gasteiger partial charge in [-0.3, -0.25) is 19.3 Å². The molecule has 1 aromatic carbocycles. The van der Waals surface area contributed by atoms with Crippen molar-refractivity contribution in [1.82, 2.24) is 20.1 Å². The first-order valence-electron chi connectivity index (χ1n) is 14.3. The molecule has 2 aromatic rings. The largest absolute Gasteiger partial charge is 0.388 e. The number of ether oxygens (including phenoxy) is 2. The number of carbonyl (C=O) groups is 3. The van der Waals surface area contributed by atoms with Gasteiger partial charge in [0.25, 0.3) is 5.91 Å². The standard InChI is InChI=1S/C29H39N5O6S/c1-4-18(2)24(28(38)34-15-22(35)26-25(34)23(36)16-40-26)31-27(37)20-7-5-19(6-8-20)21-17-41-29(30-21)33-11-9-32(10-12-33)13-14-39-3/h5-8,17-18,22,24-26,35H,4,9-16H2,1-3H3,(H,31,37)/t18-,22-,24-,25+,26+/m0/s1. The topological polar surface area (TPSA) is 125 Å². The molecule has 3 aliphatic heterocycles. The summed E-state index contributed by atoms with van der Waals surface area (Å²) in [5.41, 5.74) is 2.20. The number of rotatable bonds is 10. The Bertz CT molecular complexity index is 1230. The third kappa shape index (κ3) is 6.31. The van der Waals surface area contributed by atoms with Crippen LogP contribution >= 0.6 is 11.3 Å². The second-order valence-corrected chi connectivity index (χ2v) is 11.8. The van der Waals surface area contributed by atoms with Crippen LogP contribution in [0.4, 0.5) is 5.13 Å². The van der Waals surface area contributed by atoms with Gasteiger partial charge in [0, 0.05) is 56.3 Å². The minimum atomic E-state index is -0.923. The highest BCUT2D eigenvalue weighted by molar-refractivity contribution is 7.14. The number of β-amino-alcohol motifs (C(OH)–C–C–N with tert-alkyl or cyclic N) is 1. The lowest BCUT2D eigenvalue weighted by Gasteiger charge is -2.34. The number of methoxy groups -OCH3 is 1. The van der Waals surface area contributed by atoms with Gasteiger partial charge in [0.2, 0.25) is 5.91 Å². The van der Waals surface area contributed by atoms with Crippen LogP contribution < -0.4 is 10.2 Å². The third-order valence-electron chi connectivity index (χ3n) is 8.40. The Labute approximate surface area is 244 Å². The van der Waals surface area contributed by atoms with Crippen molar-refractivity contribution in [3.05, 3.63) is 35.2 Å². The average Bonchev–Trinajstić information content (AvgIpc) is 3.72. The van der Waals surface area contributed by atoms with Gasteiger partial charge < -0.3 is 29.7 Å². The number of aliphatic hydroxyl groups excluding tert-OH is 1. The van der Waals surface area contributed by atoms with Crippen molar-refractivity contribution >= 4 is 34.1 Å². The van der Waals surface area contributed by atoms with Crippen LogP contribution in [-0.2, 0) is 19.1 Å². The van der Waals surface area contributed by atoms with Gasteiger partial charge in [-0.1, -0.05) is 32.4 Å². The van der Waals surface area contributed by atoms with Crippen LogP contribution in [0.25, 0.3) is 11.3 Å². The Kier molecular flexibility index (Phi) is 9.35. The van der Waals surface area contributed by atoms with E-state index in [4.69, 9.17) is 14.5 Å². The van der Waals surface area contributed by atoms with E-state index in [2.05, 4.69) is 15.1 Å². The Morgan fingerprint density at radius 3 is 2.63 bits per heavy atom.